The third-order valence-electron chi connectivity index (χ3n) is 2.36. The Morgan fingerprint density at radius 2 is 2.29 bits per heavy atom. The van der Waals surface area contributed by atoms with Crippen molar-refractivity contribution in [3.63, 3.8) is 0 Å². The van der Waals surface area contributed by atoms with Gasteiger partial charge in [-0.25, -0.2) is 14.8 Å². The van der Waals surface area contributed by atoms with Gasteiger partial charge < -0.3 is 5.11 Å². The minimum atomic E-state index is -1.05. The van der Waals surface area contributed by atoms with E-state index in [0.29, 0.717) is 5.78 Å². The van der Waals surface area contributed by atoms with Crippen LogP contribution in [0.4, 0.5) is 0 Å². The molecule has 3 aromatic heterocycles. The van der Waals surface area contributed by atoms with E-state index < -0.39 is 5.97 Å². The van der Waals surface area contributed by atoms with Crippen molar-refractivity contribution in [3.05, 3.63) is 41.7 Å². The second-order valence-electron chi connectivity index (χ2n) is 3.41. The molecule has 84 valence electrons. The molecule has 0 saturated heterocycles. The van der Waals surface area contributed by atoms with Crippen molar-refractivity contribution in [2.75, 3.05) is 0 Å². The molecule has 0 amide bonds. The first-order chi connectivity index (χ1) is 8.25. The van der Waals surface area contributed by atoms with E-state index in [1.807, 2.05) is 23.6 Å². The lowest BCUT2D eigenvalue weighted by atomic mass is 10.3. The molecule has 0 radical (unpaired) electrons. The van der Waals surface area contributed by atoms with Crippen LogP contribution in [0.3, 0.4) is 0 Å². The molecule has 0 fully saturated rings. The SMILES string of the molecule is O=C(O)c1cn2c(-c3cccs3)ccnc2n1. The molecule has 5 nitrogen and oxygen atoms in total. The number of carbonyl (C=O) groups is 1. The Morgan fingerprint density at radius 3 is 3.00 bits per heavy atom. The summed E-state index contributed by atoms with van der Waals surface area (Å²) < 4.78 is 1.69. The fourth-order valence-electron chi connectivity index (χ4n) is 1.62. The largest absolute Gasteiger partial charge is 0.476 e. The molecule has 0 unspecified atom stereocenters. The molecule has 17 heavy (non-hydrogen) atoms. The van der Waals surface area contributed by atoms with Gasteiger partial charge in [-0.15, -0.1) is 11.3 Å². The number of imidazole rings is 1. The maximum absolute atomic E-state index is 10.9. The van der Waals surface area contributed by atoms with Crippen molar-refractivity contribution < 1.29 is 9.90 Å². The minimum absolute atomic E-state index is 0.00139. The number of carboxylic acids is 1. The Morgan fingerprint density at radius 1 is 1.41 bits per heavy atom. The zero-order chi connectivity index (χ0) is 11.8. The van der Waals surface area contributed by atoms with Gasteiger partial charge in [0.2, 0.25) is 5.78 Å². The number of nitrogens with zero attached hydrogens (tertiary/aromatic N) is 3. The second-order valence-corrected chi connectivity index (χ2v) is 4.36. The third-order valence-corrected chi connectivity index (χ3v) is 3.25. The fourth-order valence-corrected chi connectivity index (χ4v) is 2.37. The Kier molecular flexibility index (Phi) is 2.15. The molecule has 0 atom stereocenters. The van der Waals surface area contributed by atoms with Crippen LogP contribution in [0.15, 0.2) is 36.0 Å². The van der Waals surface area contributed by atoms with Gasteiger partial charge in [0.15, 0.2) is 5.69 Å². The summed E-state index contributed by atoms with van der Waals surface area (Å²) in [6.45, 7) is 0. The summed E-state index contributed by atoms with van der Waals surface area (Å²) in [6, 6.07) is 5.76. The standard InChI is InChI=1S/C11H7N3O2S/c15-10(16)7-6-14-8(9-2-1-5-17-9)3-4-12-11(14)13-7/h1-6H,(H,15,16). The lowest BCUT2D eigenvalue weighted by Gasteiger charge is -2.00. The molecule has 0 aliphatic rings. The molecule has 0 bridgehead atoms. The highest BCUT2D eigenvalue weighted by molar-refractivity contribution is 7.13. The van der Waals surface area contributed by atoms with Gasteiger partial charge in [-0.2, -0.15) is 0 Å². The van der Waals surface area contributed by atoms with Gasteiger partial charge in [-0.1, -0.05) is 6.07 Å². The summed E-state index contributed by atoms with van der Waals surface area (Å²) in [7, 11) is 0. The molecule has 1 N–H and O–H groups in total. The molecule has 6 heteroatoms. The van der Waals surface area contributed by atoms with Crippen molar-refractivity contribution >= 4 is 23.1 Å². The molecule has 3 aromatic rings. The van der Waals surface area contributed by atoms with E-state index in [1.165, 1.54) is 6.20 Å². The van der Waals surface area contributed by atoms with Gasteiger partial charge in [-0.05, 0) is 17.5 Å². The van der Waals surface area contributed by atoms with Crippen molar-refractivity contribution in [3.8, 4) is 10.6 Å². The average molecular weight is 245 g/mol. The summed E-state index contributed by atoms with van der Waals surface area (Å²) in [4.78, 5) is 19.9. The van der Waals surface area contributed by atoms with E-state index in [1.54, 1.807) is 21.9 Å². The average Bonchev–Trinajstić information content (AvgIpc) is 2.97. The van der Waals surface area contributed by atoms with E-state index in [2.05, 4.69) is 9.97 Å². The fraction of sp³-hybridized carbons (Fsp3) is 0. The summed E-state index contributed by atoms with van der Waals surface area (Å²) in [5, 5.41) is 10.9. The van der Waals surface area contributed by atoms with Crippen LogP contribution in [0, 0.1) is 0 Å². The van der Waals surface area contributed by atoms with Crippen LogP contribution in [0.25, 0.3) is 16.3 Å². The first kappa shape index (κ1) is 9.98. The zero-order valence-corrected chi connectivity index (χ0v) is 9.39. The number of rotatable bonds is 2. The number of fused-ring (bicyclic) bond motifs is 1. The van der Waals surface area contributed by atoms with E-state index in [4.69, 9.17) is 5.11 Å². The lowest BCUT2D eigenvalue weighted by Crippen LogP contribution is -1.95. The van der Waals surface area contributed by atoms with Crippen LogP contribution in [0.1, 0.15) is 10.5 Å². The highest BCUT2D eigenvalue weighted by Gasteiger charge is 2.12. The molecular weight excluding hydrogens is 238 g/mol. The van der Waals surface area contributed by atoms with Gasteiger partial charge in [0, 0.05) is 12.4 Å². The topological polar surface area (TPSA) is 67.5 Å². The normalized spacial score (nSPS) is 10.8. The van der Waals surface area contributed by atoms with Gasteiger partial charge in [0.1, 0.15) is 0 Å². The molecular formula is C11H7N3O2S. The minimum Gasteiger partial charge on any atom is -0.476 e. The van der Waals surface area contributed by atoms with Crippen LogP contribution in [0.2, 0.25) is 0 Å². The molecule has 0 aromatic carbocycles. The van der Waals surface area contributed by atoms with Crippen LogP contribution in [0.5, 0.6) is 0 Å². The highest BCUT2D eigenvalue weighted by atomic mass is 32.1. The molecule has 0 aliphatic heterocycles. The van der Waals surface area contributed by atoms with E-state index >= 15 is 0 Å². The molecule has 0 spiro atoms. The molecule has 3 rings (SSSR count). The van der Waals surface area contributed by atoms with Crippen LogP contribution < -0.4 is 0 Å². The van der Waals surface area contributed by atoms with Gasteiger partial charge >= 0.3 is 5.97 Å². The van der Waals surface area contributed by atoms with E-state index in [9.17, 15) is 4.79 Å². The Balaban J connectivity index is 2.29. The zero-order valence-electron chi connectivity index (χ0n) is 8.57. The number of aromatic carboxylic acids is 1. The summed E-state index contributed by atoms with van der Waals surface area (Å²) in [5.74, 6) is -0.652. The second kappa shape index (κ2) is 3.67. The van der Waals surface area contributed by atoms with Crippen LogP contribution >= 0.6 is 11.3 Å². The molecule has 0 aliphatic carbocycles. The molecule has 3 heterocycles. The number of carboxylic acid groups (broad SMARTS) is 1. The number of aromatic nitrogens is 3. The smallest absolute Gasteiger partial charge is 0.356 e. The quantitative estimate of drug-likeness (QED) is 0.751. The third kappa shape index (κ3) is 1.58. The van der Waals surface area contributed by atoms with Gasteiger partial charge in [0.25, 0.3) is 0 Å². The summed E-state index contributed by atoms with van der Waals surface area (Å²) in [6.07, 6.45) is 3.11. The summed E-state index contributed by atoms with van der Waals surface area (Å²) in [5.41, 5.74) is 0.895. The van der Waals surface area contributed by atoms with Crippen LogP contribution in [-0.4, -0.2) is 25.4 Å². The first-order valence-electron chi connectivity index (χ1n) is 4.87. The predicted octanol–water partition coefficient (Wildman–Crippen LogP) is 2.16. The van der Waals surface area contributed by atoms with Crippen molar-refractivity contribution in [1.29, 1.82) is 0 Å². The predicted molar refractivity (Wildman–Crippen MR) is 63.3 cm³/mol. The summed E-state index contributed by atoms with van der Waals surface area (Å²) >= 11 is 1.58. The number of hydrogen-bond donors (Lipinski definition) is 1. The van der Waals surface area contributed by atoms with E-state index in [-0.39, 0.29) is 5.69 Å². The maximum atomic E-state index is 10.9. The Hall–Kier alpha value is -2.21. The monoisotopic (exact) mass is 245 g/mol. The number of thiophene rings is 1. The Labute approximate surface area is 100 Å². The molecule has 0 saturated carbocycles. The first-order valence-corrected chi connectivity index (χ1v) is 5.75. The van der Waals surface area contributed by atoms with Gasteiger partial charge in [-0.3, -0.25) is 4.40 Å². The van der Waals surface area contributed by atoms with Crippen molar-refractivity contribution in [1.82, 2.24) is 14.4 Å². The van der Waals surface area contributed by atoms with Gasteiger partial charge in [0.05, 0.1) is 10.6 Å². The maximum Gasteiger partial charge on any atom is 0.356 e. The van der Waals surface area contributed by atoms with E-state index in [0.717, 1.165) is 10.6 Å². The lowest BCUT2D eigenvalue weighted by molar-refractivity contribution is 0.0691. The van der Waals surface area contributed by atoms with Crippen molar-refractivity contribution in [2.24, 2.45) is 0 Å². The van der Waals surface area contributed by atoms with Crippen LogP contribution in [-0.2, 0) is 0 Å². The van der Waals surface area contributed by atoms with Crippen molar-refractivity contribution in [2.45, 2.75) is 0 Å². The highest BCUT2D eigenvalue weighted by Crippen LogP contribution is 2.24. The Bertz CT molecular complexity index is 688. The number of hydrogen-bond acceptors (Lipinski definition) is 4.